The molecule has 1 aromatic rings. The van der Waals surface area contributed by atoms with Crippen molar-refractivity contribution in [2.24, 2.45) is 0 Å². The number of esters is 1. The molecule has 1 aromatic heterocycles. The van der Waals surface area contributed by atoms with Gasteiger partial charge in [0.15, 0.2) is 5.54 Å². The zero-order valence-electron chi connectivity index (χ0n) is 9.90. The first kappa shape index (κ1) is 11.2. The monoisotopic (exact) mass is 222 g/mol. The van der Waals surface area contributed by atoms with Crippen LogP contribution in [0.25, 0.3) is 0 Å². The minimum Gasteiger partial charge on any atom is -0.467 e. The molecular formula is C12H18N2O2. The summed E-state index contributed by atoms with van der Waals surface area (Å²) in [6, 6.07) is 0. The molecule has 0 saturated heterocycles. The molecule has 16 heavy (non-hydrogen) atoms. The van der Waals surface area contributed by atoms with Crippen LogP contribution in [0.1, 0.15) is 37.7 Å². The third-order valence-electron chi connectivity index (χ3n) is 3.40. The maximum absolute atomic E-state index is 12.0. The zero-order chi connectivity index (χ0) is 11.6. The van der Waals surface area contributed by atoms with Crippen molar-refractivity contribution in [3.8, 4) is 0 Å². The smallest absolute Gasteiger partial charge is 0.333 e. The van der Waals surface area contributed by atoms with E-state index in [1.807, 2.05) is 13.1 Å². The number of aromatic nitrogens is 2. The van der Waals surface area contributed by atoms with Crippen LogP contribution in [0, 0.1) is 6.92 Å². The minimum atomic E-state index is -0.554. The number of ether oxygens (including phenoxy) is 1. The summed E-state index contributed by atoms with van der Waals surface area (Å²) < 4.78 is 6.76. The number of hydrogen-bond donors (Lipinski definition) is 0. The van der Waals surface area contributed by atoms with Gasteiger partial charge in [-0.2, -0.15) is 5.10 Å². The van der Waals surface area contributed by atoms with Gasteiger partial charge in [0.25, 0.3) is 0 Å². The molecule has 88 valence electrons. The molecular weight excluding hydrogens is 204 g/mol. The van der Waals surface area contributed by atoms with Crippen LogP contribution in [0.15, 0.2) is 12.4 Å². The van der Waals surface area contributed by atoms with Crippen molar-refractivity contribution in [2.45, 2.75) is 44.6 Å². The molecule has 1 aliphatic rings. The summed E-state index contributed by atoms with van der Waals surface area (Å²) in [6.07, 6.45) is 8.71. The first-order valence-corrected chi connectivity index (χ1v) is 5.79. The summed E-state index contributed by atoms with van der Waals surface area (Å²) in [5.74, 6) is -0.157. The van der Waals surface area contributed by atoms with E-state index in [2.05, 4.69) is 5.10 Å². The predicted octanol–water partition coefficient (Wildman–Crippen LogP) is 2.02. The van der Waals surface area contributed by atoms with E-state index in [4.69, 9.17) is 4.74 Å². The third kappa shape index (κ3) is 1.72. The average Bonchev–Trinajstić information content (AvgIpc) is 2.76. The Morgan fingerprint density at radius 1 is 1.44 bits per heavy atom. The molecule has 0 aliphatic heterocycles. The fourth-order valence-electron chi connectivity index (χ4n) is 2.50. The number of methoxy groups -OCH3 is 1. The van der Waals surface area contributed by atoms with E-state index in [0.29, 0.717) is 0 Å². The highest BCUT2D eigenvalue weighted by Crippen LogP contribution is 2.35. The van der Waals surface area contributed by atoms with Crippen molar-refractivity contribution >= 4 is 5.97 Å². The first-order chi connectivity index (χ1) is 7.69. The molecule has 0 amide bonds. The molecule has 1 aliphatic carbocycles. The number of carbonyl (C=O) groups excluding carboxylic acids is 1. The zero-order valence-corrected chi connectivity index (χ0v) is 9.90. The van der Waals surface area contributed by atoms with Crippen molar-refractivity contribution in [1.82, 2.24) is 9.78 Å². The highest BCUT2D eigenvalue weighted by molar-refractivity contribution is 5.78. The summed E-state index contributed by atoms with van der Waals surface area (Å²) in [7, 11) is 1.45. The van der Waals surface area contributed by atoms with Gasteiger partial charge in [-0.15, -0.1) is 0 Å². The highest BCUT2D eigenvalue weighted by Gasteiger charge is 2.43. The van der Waals surface area contributed by atoms with E-state index in [0.717, 1.165) is 31.2 Å². The fraction of sp³-hybridized carbons (Fsp3) is 0.667. The molecule has 0 radical (unpaired) electrons. The fourth-order valence-corrected chi connectivity index (χ4v) is 2.50. The number of hydrogen-bond acceptors (Lipinski definition) is 3. The molecule has 4 heteroatoms. The SMILES string of the molecule is COC(=O)C1(n2cc(C)cn2)CCCCC1. The van der Waals surface area contributed by atoms with Gasteiger partial charge in [0.05, 0.1) is 13.3 Å². The van der Waals surface area contributed by atoms with Gasteiger partial charge in [-0.3, -0.25) is 4.68 Å². The van der Waals surface area contributed by atoms with Crippen LogP contribution in [-0.2, 0) is 15.1 Å². The van der Waals surface area contributed by atoms with E-state index in [-0.39, 0.29) is 5.97 Å². The van der Waals surface area contributed by atoms with Gasteiger partial charge in [0, 0.05) is 6.20 Å². The van der Waals surface area contributed by atoms with Crippen LogP contribution in [0.2, 0.25) is 0 Å². The molecule has 1 saturated carbocycles. The highest BCUT2D eigenvalue weighted by atomic mass is 16.5. The second-order valence-corrected chi connectivity index (χ2v) is 4.55. The van der Waals surface area contributed by atoms with E-state index < -0.39 is 5.54 Å². The minimum absolute atomic E-state index is 0.157. The Hall–Kier alpha value is -1.32. The number of carbonyl (C=O) groups is 1. The standard InChI is InChI=1S/C12H18N2O2/c1-10-8-13-14(9-10)12(11(15)16-2)6-4-3-5-7-12/h8-9H,3-7H2,1-2H3. The Morgan fingerprint density at radius 2 is 2.12 bits per heavy atom. The maximum Gasteiger partial charge on any atom is 0.333 e. The van der Waals surface area contributed by atoms with Gasteiger partial charge in [0.2, 0.25) is 0 Å². The molecule has 0 N–H and O–H groups in total. The van der Waals surface area contributed by atoms with Gasteiger partial charge < -0.3 is 4.74 Å². The second kappa shape index (κ2) is 4.28. The molecule has 0 bridgehead atoms. The summed E-state index contributed by atoms with van der Waals surface area (Å²) >= 11 is 0. The number of aryl methyl sites for hydroxylation is 1. The molecule has 0 aromatic carbocycles. The summed E-state index contributed by atoms with van der Waals surface area (Å²) in [5, 5.41) is 4.30. The molecule has 2 rings (SSSR count). The maximum atomic E-state index is 12.0. The second-order valence-electron chi connectivity index (χ2n) is 4.55. The van der Waals surface area contributed by atoms with Crippen LogP contribution in [0.3, 0.4) is 0 Å². The normalized spacial score (nSPS) is 19.4. The summed E-state index contributed by atoms with van der Waals surface area (Å²) in [5.41, 5.74) is 0.523. The van der Waals surface area contributed by atoms with Crippen molar-refractivity contribution in [3.05, 3.63) is 18.0 Å². The van der Waals surface area contributed by atoms with Gasteiger partial charge in [-0.1, -0.05) is 19.3 Å². The van der Waals surface area contributed by atoms with Crippen molar-refractivity contribution in [1.29, 1.82) is 0 Å². The van der Waals surface area contributed by atoms with Crippen molar-refractivity contribution in [3.63, 3.8) is 0 Å². The molecule has 1 heterocycles. The first-order valence-electron chi connectivity index (χ1n) is 5.79. The predicted molar refractivity (Wildman–Crippen MR) is 60.0 cm³/mol. The van der Waals surface area contributed by atoms with Gasteiger partial charge >= 0.3 is 5.97 Å². The summed E-state index contributed by atoms with van der Waals surface area (Å²) in [6.45, 7) is 1.98. The lowest BCUT2D eigenvalue weighted by molar-refractivity contribution is -0.154. The molecule has 1 fully saturated rings. The molecule has 0 unspecified atom stereocenters. The van der Waals surface area contributed by atoms with Gasteiger partial charge in [-0.25, -0.2) is 4.79 Å². The quantitative estimate of drug-likeness (QED) is 0.719. The largest absolute Gasteiger partial charge is 0.467 e. The topological polar surface area (TPSA) is 44.1 Å². The lowest BCUT2D eigenvalue weighted by Crippen LogP contribution is -2.44. The molecule has 4 nitrogen and oxygen atoms in total. The average molecular weight is 222 g/mol. The number of nitrogens with zero attached hydrogens (tertiary/aromatic N) is 2. The van der Waals surface area contributed by atoms with Crippen LogP contribution in [0.5, 0.6) is 0 Å². The van der Waals surface area contributed by atoms with Crippen LogP contribution < -0.4 is 0 Å². The van der Waals surface area contributed by atoms with Crippen molar-refractivity contribution in [2.75, 3.05) is 7.11 Å². The Morgan fingerprint density at radius 3 is 2.62 bits per heavy atom. The van der Waals surface area contributed by atoms with Crippen LogP contribution in [0.4, 0.5) is 0 Å². The van der Waals surface area contributed by atoms with Crippen LogP contribution in [-0.4, -0.2) is 22.9 Å². The molecule has 0 spiro atoms. The van der Waals surface area contributed by atoms with E-state index in [9.17, 15) is 4.79 Å². The van der Waals surface area contributed by atoms with Crippen LogP contribution >= 0.6 is 0 Å². The van der Waals surface area contributed by atoms with E-state index in [1.54, 1.807) is 10.9 Å². The Balaban J connectivity index is 2.37. The number of rotatable bonds is 2. The van der Waals surface area contributed by atoms with Crippen molar-refractivity contribution < 1.29 is 9.53 Å². The van der Waals surface area contributed by atoms with E-state index in [1.165, 1.54) is 13.5 Å². The Labute approximate surface area is 95.6 Å². The Kier molecular flexibility index (Phi) is 2.99. The Bertz CT molecular complexity index is 378. The summed E-state index contributed by atoms with van der Waals surface area (Å²) in [4.78, 5) is 12.0. The third-order valence-corrected chi connectivity index (χ3v) is 3.40. The lowest BCUT2D eigenvalue weighted by Gasteiger charge is -2.34. The molecule has 0 atom stereocenters. The van der Waals surface area contributed by atoms with Gasteiger partial charge in [0.1, 0.15) is 0 Å². The van der Waals surface area contributed by atoms with Gasteiger partial charge in [-0.05, 0) is 25.3 Å². The van der Waals surface area contributed by atoms with E-state index >= 15 is 0 Å². The lowest BCUT2D eigenvalue weighted by atomic mass is 9.82.